The number of aliphatic hydroxyl groups excluding tert-OH is 2. The number of carbonyl (C=O) groups is 1. The highest BCUT2D eigenvalue weighted by atomic mass is 16.3. The number of nitrogens with one attached hydrogen (secondary N) is 1. The maximum Gasteiger partial charge on any atom is 0.216 e. The van der Waals surface area contributed by atoms with Gasteiger partial charge in [-0.1, -0.05) is 42.5 Å². The summed E-state index contributed by atoms with van der Waals surface area (Å²) in [5.74, 6) is -0.226. The molecule has 0 saturated carbocycles. The van der Waals surface area contributed by atoms with E-state index in [9.17, 15) is 15.0 Å². The van der Waals surface area contributed by atoms with Gasteiger partial charge in [-0.15, -0.1) is 0 Å². The number of carbonyl (C=O) groups excluding carboxylic acids is 1. The molecule has 4 nitrogen and oxygen atoms in total. The number of aliphatic hydroxyl groups is 2. The first-order chi connectivity index (χ1) is 10.6. The molecular formula is C18H19NO3. The van der Waals surface area contributed by atoms with Crippen molar-refractivity contribution in [3.8, 4) is 11.1 Å². The molecule has 2 unspecified atom stereocenters. The lowest BCUT2D eigenvalue weighted by atomic mass is 9.98. The van der Waals surface area contributed by atoms with Crippen molar-refractivity contribution in [3.63, 3.8) is 0 Å². The Morgan fingerprint density at radius 2 is 1.86 bits per heavy atom. The number of rotatable bonds is 4. The smallest absolute Gasteiger partial charge is 0.216 e. The van der Waals surface area contributed by atoms with Gasteiger partial charge in [-0.05, 0) is 34.2 Å². The molecule has 4 heteroatoms. The van der Waals surface area contributed by atoms with Crippen molar-refractivity contribution in [1.82, 2.24) is 5.32 Å². The Labute approximate surface area is 129 Å². The molecule has 2 aromatic carbocycles. The molecule has 3 N–H and O–H groups in total. The lowest BCUT2D eigenvalue weighted by molar-refractivity contribution is -0.119. The standard InChI is InChI=1S/C18H19NO3/c1-11(20)19-10-17(21)18(22)13-6-7-16-14(9-13)8-12-4-2-3-5-15(12)16/h2-7,9,17-18,21-22H,8,10H2,1H3,(H,19,20). The van der Waals surface area contributed by atoms with Crippen LogP contribution in [0, 0.1) is 0 Å². The molecule has 2 atom stereocenters. The van der Waals surface area contributed by atoms with Crippen LogP contribution in [0.4, 0.5) is 0 Å². The summed E-state index contributed by atoms with van der Waals surface area (Å²) in [5.41, 5.74) is 5.53. The quantitative estimate of drug-likeness (QED) is 0.687. The monoisotopic (exact) mass is 297 g/mol. The minimum Gasteiger partial charge on any atom is -0.388 e. The van der Waals surface area contributed by atoms with E-state index < -0.39 is 12.2 Å². The highest BCUT2D eigenvalue weighted by Gasteiger charge is 2.22. The van der Waals surface area contributed by atoms with Crippen molar-refractivity contribution in [1.29, 1.82) is 0 Å². The van der Waals surface area contributed by atoms with Gasteiger partial charge < -0.3 is 15.5 Å². The second kappa shape index (κ2) is 5.91. The molecule has 2 aromatic rings. The van der Waals surface area contributed by atoms with Crippen molar-refractivity contribution < 1.29 is 15.0 Å². The van der Waals surface area contributed by atoms with Crippen LogP contribution in [0.5, 0.6) is 0 Å². The normalized spacial score (nSPS) is 14.9. The molecule has 114 valence electrons. The van der Waals surface area contributed by atoms with Gasteiger partial charge in [0.2, 0.25) is 5.91 Å². The maximum absolute atomic E-state index is 10.9. The molecule has 0 heterocycles. The number of hydrogen-bond donors (Lipinski definition) is 3. The van der Waals surface area contributed by atoms with E-state index >= 15 is 0 Å². The lowest BCUT2D eigenvalue weighted by Crippen LogP contribution is -2.34. The molecule has 0 saturated heterocycles. The summed E-state index contributed by atoms with van der Waals surface area (Å²) in [6.45, 7) is 1.42. The highest BCUT2D eigenvalue weighted by molar-refractivity contribution is 5.77. The van der Waals surface area contributed by atoms with Crippen molar-refractivity contribution in [2.45, 2.75) is 25.6 Å². The van der Waals surface area contributed by atoms with Crippen LogP contribution in [0.3, 0.4) is 0 Å². The summed E-state index contributed by atoms with van der Waals surface area (Å²) >= 11 is 0. The first-order valence-electron chi connectivity index (χ1n) is 7.38. The van der Waals surface area contributed by atoms with Crippen LogP contribution in [0.25, 0.3) is 11.1 Å². The Morgan fingerprint density at radius 3 is 2.64 bits per heavy atom. The van der Waals surface area contributed by atoms with E-state index in [-0.39, 0.29) is 12.5 Å². The summed E-state index contributed by atoms with van der Waals surface area (Å²) in [6.07, 6.45) is -1.19. The molecule has 0 radical (unpaired) electrons. The van der Waals surface area contributed by atoms with E-state index in [4.69, 9.17) is 0 Å². The predicted octanol–water partition coefficient (Wildman–Crippen LogP) is 1.79. The van der Waals surface area contributed by atoms with E-state index in [1.807, 2.05) is 30.3 Å². The third kappa shape index (κ3) is 2.75. The lowest BCUT2D eigenvalue weighted by Gasteiger charge is -2.19. The van der Waals surface area contributed by atoms with Gasteiger partial charge in [0, 0.05) is 13.5 Å². The van der Waals surface area contributed by atoms with E-state index in [1.54, 1.807) is 0 Å². The van der Waals surface area contributed by atoms with Crippen molar-refractivity contribution in [2.24, 2.45) is 0 Å². The Kier molecular flexibility index (Phi) is 3.96. The van der Waals surface area contributed by atoms with Gasteiger partial charge in [-0.25, -0.2) is 0 Å². The minimum atomic E-state index is -1.02. The number of benzene rings is 2. The molecule has 0 spiro atoms. The Balaban J connectivity index is 1.80. The maximum atomic E-state index is 10.9. The zero-order valence-electron chi connectivity index (χ0n) is 12.4. The van der Waals surface area contributed by atoms with Crippen molar-refractivity contribution in [3.05, 3.63) is 59.2 Å². The van der Waals surface area contributed by atoms with Crippen LogP contribution < -0.4 is 5.32 Å². The Hall–Kier alpha value is -2.17. The molecule has 22 heavy (non-hydrogen) atoms. The summed E-state index contributed by atoms with van der Waals surface area (Å²) < 4.78 is 0. The first-order valence-corrected chi connectivity index (χ1v) is 7.38. The van der Waals surface area contributed by atoms with Crippen LogP contribution in [-0.4, -0.2) is 28.8 Å². The van der Waals surface area contributed by atoms with Gasteiger partial charge in [0.1, 0.15) is 12.2 Å². The second-order valence-corrected chi connectivity index (χ2v) is 5.70. The molecule has 0 fully saturated rings. The predicted molar refractivity (Wildman–Crippen MR) is 84.3 cm³/mol. The van der Waals surface area contributed by atoms with Gasteiger partial charge in [-0.3, -0.25) is 4.79 Å². The average Bonchev–Trinajstić information content (AvgIpc) is 2.89. The molecule has 3 rings (SSSR count). The molecule has 0 aromatic heterocycles. The van der Waals surface area contributed by atoms with Crippen LogP contribution in [-0.2, 0) is 11.2 Å². The fourth-order valence-electron chi connectivity index (χ4n) is 2.93. The average molecular weight is 297 g/mol. The van der Waals surface area contributed by atoms with Gasteiger partial charge in [0.15, 0.2) is 0 Å². The third-order valence-corrected chi connectivity index (χ3v) is 4.08. The number of fused-ring (bicyclic) bond motifs is 3. The van der Waals surface area contributed by atoms with Crippen LogP contribution in [0.2, 0.25) is 0 Å². The fraction of sp³-hybridized carbons (Fsp3) is 0.278. The van der Waals surface area contributed by atoms with E-state index in [2.05, 4.69) is 17.4 Å². The zero-order valence-corrected chi connectivity index (χ0v) is 12.4. The Bertz CT molecular complexity index is 711. The topological polar surface area (TPSA) is 69.6 Å². The fourth-order valence-corrected chi connectivity index (χ4v) is 2.93. The van der Waals surface area contributed by atoms with Gasteiger partial charge >= 0.3 is 0 Å². The summed E-state index contributed by atoms with van der Waals surface area (Å²) in [6, 6.07) is 14.0. The first kappa shape index (κ1) is 14.8. The summed E-state index contributed by atoms with van der Waals surface area (Å²) in [7, 11) is 0. The molecule has 1 amide bonds. The molecular weight excluding hydrogens is 278 g/mol. The van der Waals surface area contributed by atoms with Gasteiger partial charge in [-0.2, -0.15) is 0 Å². The van der Waals surface area contributed by atoms with E-state index in [1.165, 1.54) is 23.6 Å². The molecule has 1 aliphatic rings. The molecule has 0 bridgehead atoms. The largest absolute Gasteiger partial charge is 0.388 e. The number of hydrogen-bond acceptors (Lipinski definition) is 3. The van der Waals surface area contributed by atoms with E-state index in [0.29, 0.717) is 5.56 Å². The van der Waals surface area contributed by atoms with Crippen LogP contribution in [0.15, 0.2) is 42.5 Å². The van der Waals surface area contributed by atoms with Crippen LogP contribution >= 0.6 is 0 Å². The summed E-state index contributed by atoms with van der Waals surface area (Å²) in [5, 5.41) is 22.7. The SMILES string of the molecule is CC(=O)NCC(O)C(O)c1ccc2c(c1)Cc1ccccc1-2. The Morgan fingerprint density at radius 1 is 1.14 bits per heavy atom. The third-order valence-electron chi connectivity index (χ3n) is 4.08. The minimum absolute atomic E-state index is 0.0355. The molecule has 1 aliphatic carbocycles. The second-order valence-electron chi connectivity index (χ2n) is 5.70. The van der Waals surface area contributed by atoms with Gasteiger partial charge in [0.25, 0.3) is 0 Å². The van der Waals surface area contributed by atoms with Gasteiger partial charge in [0.05, 0.1) is 0 Å². The van der Waals surface area contributed by atoms with Crippen LogP contribution in [0.1, 0.15) is 29.7 Å². The zero-order chi connectivity index (χ0) is 15.7. The highest BCUT2D eigenvalue weighted by Crippen LogP contribution is 2.37. The summed E-state index contributed by atoms with van der Waals surface area (Å²) in [4.78, 5) is 10.9. The number of amides is 1. The van der Waals surface area contributed by atoms with Crippen molar-refractivity contribution >= 4 is 5.91 Å². The van der Waals surface area contributed by atoms with Crippen molar-refractivity contribution in [2.75, 3.05) is 6.54 Å². The van der Waals surface area contributed by atoms with E-state index in [0.717, 1.165) is 12.0 Å². The molecule has 0 aliphatic heterocycles.